The largest absolute Gasteiger partial charge is 0.315 e. The standard InChI is InChI=1S/C13H15NO/c1-11-5-7-12(8-6-11)13(15)14-9-3-2-4-10-14/h3,5-9H,2,4,10H2,1H3. The Kier molecular flexibility index (Phi) is 2.86. The first kappa shape index (κ1) is 9.97. The lowest BCUT2D eigenvalue weighted by Crippen LogP contribution is -2.28. The fraction of sp³-hybridized carbons (Fsp3) is 0.308. The van der Waals surface area contributed by atoms with Crippen LogP contribution in [-0.2, 0) is 0 Å². The average molecular weight is 201 g/mol. The lowest BCUT2D eigenvalue weighted by Gasteiger charge is -2.21. The van der Waals surface area contributed by atoms with E-state index in [1.807, 2.05) is 37.4 Å². The summed E-state index contributed by atoms with van der Waals surface area (Å²) in [5.74, 6) is 0.103. The van der Waals surface area contributed by atoms with Crippen LogP contribution in [0.2, 0.25) is 0 Å². The van der Waals surface area contributed by atoms with Gasteiger partial charge in [0.25, 0.3) is 5.91 Å². The fourth-order valence-corrected chi connectivity index (χ4v) is 1.69. The lowest BCUT2D eigenvalue weighted by molar-refractivity contribution is 0.0815. The highest BCUT2D eigenvalue weighted by atomic mass is 16.2. The van der Waals surface area contributed by atoms with Gasteiger partial charge in [-0.05, 0) is 31.9 Å². The van der Waals surface area contributed by atoms with Crippen molar-refractivity contribution < 1.29 is 4.79 Å². The molecular formula is C13H15NO. The summed E-state index contributed by atoms with van der Waals surface area (Å²) in [6.07, 6.45) is 6.09. The second kappa shape index (κ2) is 4.30. The van der Waals surface area contributed by atoms with Gasteiger partial charge in [-0.1, -0.05) is 23.8 Å². The van der Waals surface area contributed by atoms with Crippen molar-refractivity contribution in [1.29, 1.82) is 0 Å². The van der Waals surface area contributed by atoms with Crippen LogP contribution in [0.4, 0.5) is 0 Å². The summed E-state index contributed by atoms with van der Waals surface area (Å²) in [5.41, 5.74) is 1.95. The number of carbonyl (C=O) groups is 1. The highest BCUT2D eigenvalue weighted by Crippen LogP contribution is 2.11. The van der Waals surface area contributed by atoms with Gasteiger partial charge in [0.1, 0.15) is 0 Å². The molecule has 78 valence electrons. The fourth-order valence-electron chi connectivity index (χ4n) is 1.69. The zero-order chi connectivity index (χ0) is 10.7. The Bertz CT molecular complexity index is 378. The van der Waals surface area contributed by atoms with E-state index in [1.54, 1.807) is 4.90 Å². The maximum Gasteiger partial charge on any atom is 0.257 e. The molecule has 0 saturated heterocycles. The molecule has 1 aliphatic heterocycles. The number of hydrogen-bond acceptors (Lipinski definition) is 1. The van der Waals surface area contributed by atoms with Gasteiger partial charge in [-0.25, -0.2) is 0 Å². The summed E-state index contributed by atoms with van der Waals surface area (Å²) in [7, 11) is 0. The summed E-state index contributed by atoms with van der Waals surface area (Å²) in [4.78, 5) is 13.8. The number of carbonyl (C=O) groups excluding carboxylic acids is 1. The molecule has 0 spiro atoms. The molecule has 2 rings (SSSR count). The van der Waals surface area contributed by atoms with E-state index in [9.17, 15) is 4.79 Å². The molecule has 1 amide bonds. The van der Waals surface area contributed by atoms with Crippen LogP contribution >= 0.6 is 0 Å². The van der Waals surface area contributed by atoms with E-state index in [-0.39, 0.29) is 5.91 Å². The van der Waals surface area contributed by atoms with Crippen LogP contribution in [0, 0.1) is 6.92 Å². The Balaban J connectivity index is 2.16. The predicted molar refractivity (Wildman–Crippen MR) is 60.6 cm³/mol. The molecule has 1 aromatic rings. The molecule has 1 aliphatic rings. The Hall–Kier alpha value is -1.57. The maximum absolute atomic E-state index is 12.0. The van der Waals surface area contributed by atoms with Gasteiger partial charge < -0.3 is 4.90 Å². The summed E-state index contributed by atoms with van der Waals surface area (Å²) >= 11 is 0. The molecule has 15 heavy (non-hydrogen) atoms. The van der Waals surface area contributed by atoms with Gasteiger partial charge >= 0.3 is 0 Å². The molecule has 0 fully saturated rings. The van der Waals surface area contributed by atoms with Crippen molar-refractivity contribution in [3.63, 3.8) is 0 Å². The van der Waals surface area contributed by atoms with Crippen LogP contribution in [0.15, 0.2) is 36.5 Å². The Morgan fingerprint density at radius 2 is 2.00 bits per heavy atom. The van der Waals surface area contributed by atoms with Crippen molar-refractivity contribution in [3.8, 4) is 0 Å². The van der Waals surface area contributed by atoms with Gasteiger partial charge in [-0.3, -0.25) is 4.79 Å². The zero-order valence-corrected chi connectivity index (χ0v) is 8.94. The minimum Gasteiger partial charge on any atom is -0.315 e. The molecule has 2 heteroatoms. The van der Waals surface area contributed by atoms with Crippen molar-refractivity contribution in [2.24, 2.45) is 0 Å². The Morgan fingerprint density at radius 1 is 1.27 bits per heavy atom. The van der Waals surface area contributed by atoms with Gasteiger partial charge in [0.05, 0.1) is 0 Å². The monoisotopic (exact) mass is 201 g/mol. The summed E-state index contributed by atoms with van der Waals surface area (Å²) in [5, 5.41) is 0. The van der Waals surface area contributed by atoms with Gasteiger partial charge in [-0.2, -0.15) is 0 Å². The SMILES string of the molecule is Cc1ccc(C(=O)N2C=CCCC2)cc1. The van der Waals surface area contributed by atoms with E-state index in [2.05, 4.69) is 6.08 Å². The molecule has 0 radical (unpaired) electrons. The number of allylic oxidation sites excluding steroid dienone is 1. The summed E-state index contributed by atoms with van der Waals surface area (Å²) < 4.78 is 0. The smallest absolute Gasteiger partial charge is 0.257 e. The summed E-state index contributed by atoms with van der Waals surface area (Å²) in [6, 6.07) is 7.72. The van der Waals surface area contributed by atoms with Crippen LogP contribution in [-0.4, -0.2) is 17.4 Å². The number of benzene rings is 1. The zero-order valence-electron chi connectivity index (χ0n) is 8.94. The van der Waals surface area contributed by atoms with Crippen LogP contribution in [0.3, 0.4) is 0 Å². The van der Waals surface area contributed by atoms with E-state index in [1.165, 1.54) is 5.56 Å². The molecule has 1 aromatic carbocycles. The lowest BCUT2D eigenvalue weighted by atomic mass is 10.1. The number of rotatable bonds is 1. The van der Waals surface area contributed by atoms with Crippen LogP contribution in [0.25, 0.3) is 0 Å². The third kappa shape index (κ3) is 2.27. The molecular weight excluding hydrogens is 186 g/mol. The highest BCUT2D eigenvalue weighted by Gasteiger charge is 2.14. The molecule has 0 atom stereocenters. The molecule has 0 unspecified atom stereocenters. The molecule has 0 N–H and O–H groups in total. The van der Waals surface area contributed by atoms with Crippen LogP contribution in [0.1, 0.15) is 28.8 Å². The van der Waals surface area contributed by atoms with Crippen LogP contribution in [0.5, 0.6) is 0 Å². The normalized spacial score (nSPS) is 15.4. The highest BCUT2D eigenvalue weighted by molar-refractivity contribution is 5.94. The second-order valence-corrected chi connectivity index (χ2v) is 3.89. The first-order valence-electron chi connectivity index (χ1n) is 5.32. The minimum atomic E-state index is 0.103. The first-order valence-corrected chi connectivity index (χ1v) is 5.32. The van der Waals surface area contributed by atoms with Gasteiger partial charge in [0.15, 0.2) is 0 Å². The maximum atomic E-state index is 12.0. The Labute approximate surface area is 90.2 Å². The molecule has 0 aromatic heterocycles. The molecule has 0 saturated carbocycles. The van der Waals surface area contributed by atoms with Gasteiger partial charge in [-0.15, -0.1) is 0 Å². The van der Waals surface area contributed by atoms with E-state index in [0.717, 1.165) is 24.9 Å². The van der Waals surface area contributed by atoms with Crippen molar-refractivity contribution in [1.82, 2.24) is 4.90 Å². The molecule has 2 nitrogen and oxygen atoms in total. The predicted octanol–water partition coefficient (Wildman–Crippen LogP) is 2.74. The third-order valence-electron chi connectivity index (χ3n) is 2.61. The van der Waals surface area contributed by atoms with Crippen molar-refractivity contribution >= 4 is 5.91 Å². The average Bonchev–Trinajstić information content (AvgIpc) is 2.30. The van der Waals surface area contributed by atoms with E-state index >= 15 is 0 Å². The minimum absolute atomic E-state index is 0.103. The molecule has 0 bridgehead atoms. The van der Waals surface area contributed by atoms with E-state index in [0.29, 0.717) is 0 Å². The topological polar surface area (TPSA) is 20.3 Å². The van der Waals surface area contributed by atoms with Crippen molar-refractivity contribution in [2.75, 3.05) is 6.54 Å². The summed E-state index contributed by atoms with van der Waals surface area (Å²) in [6.45, 7) is 2.86. The number of hydrogen-bond donors (Lipinski definition) is 0. The van der Waals surface area contributed by atoms with E-state index in [4.69, 9.17) is 0 Å². The number of nitrogens with zero attached hydrogens (tertiary/aromatic N) is 1. The quantitative estimate of drug-likeness (QED) is 0.684. The van der Waals surface area contributed by atoms with Gasteiger partial charge in [0.2, 0.25) is 0 Å². The van der Waals surface area contributed by atoms with Crippen LogP contribution < -0.4 is 0 Å². The Morgan fingerprint density at radius 3 is 2.60 bits per heavy atom. The first-order chi connectivity index (χ1) is 7.27. The molecule has 1 heterocycles. The molecule has 0 aliphatic carbocycles. The number of amides is 1. The second-order valence-electron chi connectivity index (χ2n) is 3.89. The van der Waals surface area contributed by atoms with E-state index < -0.39 is 0 Å². The third-order valence-corrected chi connectivity index (χ3v) is 2.61. The van der Waals surface area contributed by atoms with Crippen molar-refractivity contribution in [3.05, 3.63) is 47.7 Å². The van der Waals surface area contributed by atoms with Crippen molar-refractivity contribution in [2.45, 2.75) is 19.8 Å². The van der Waals surface area contributed by atoms with Gasteiger partial charge in [0, 0.05) is 18.3 Å². The number of aryl methyl sites for hydroxylation is 1.